The van der Waals surface area contributed by atoms with Gasteiger partial charge in [-0.2, -0.15) is 0 Å². The highest BCUT2D eigenvalue weighted by Gasteiger charge is 2.36. The SMILES string of the molecule is COCCNC(=O)CCN1C2CCCC1CC(N)C2. The third kappa shape index (κ3) is 4.16. The molecule has 0 aromatic carbocycles. The van der Waals surface area contributed by atoms with Crippen molar-refractivity contribution in [3.05, 3.63) is 0 Å². The third-order valence-corrected chi connectivity index (χ3v) is 4.39. The van der Waals surface area contributed by atoms with Crippen molar-refractivity contribution in [1.29, 1.82) is 0 Å². The molecule has 1 amide bonds. The lowest BCUT2D eigenvalue weighted by Crippen LogP contribution is -2.55. The van der Waals surface area contributed by atoms with Crippen molar-refractivity contribution < 1.29 is 9.53 Å². The Morgan fingerprint density at radius 2 is 2.05 bits per heavy atom. The summed E-state index contributed by atoms with van der Waals surface area (Å²) in [6, 6.07) is 1.57. The summed E-state index contributed by atoms with van der Waals surface area (Å²) in [6.45, 7) is 2.06. The molecule has 19 heavy (non-hydrogen) atoms. The van der Waals surface area contributed by atoms with Crippen LogP contribution in [-0.4, -0.2) is 55.7 Å². The number of hydrogen-bond donors (Lipinski definition) is 2. The van der Waals surface area contributed by atoms with Crippen LogP contribution in [0.4, 0.5) is 0 Å². The van der Waals surface area contributed by atoms with Crippen LogP contribution in [0.5, 0.6) is 0 Å². The number of amides is 1. The van der Waals surface area contributed by atoms with Gasteiger partial charge in [0.15, 0.2) is 0 Å². The minimum atomic E-state index is 0.130. The zero-order valence-corrected chi connectivity index (χ0v) is 11.9. The van der Waals surface area contributed by atoms with Gasteiger partial charge in [-0.1, -0.05) is 6.42 Å². The van der Waals surface area contributed by atoms with Crippen LogP contribution in [-0.2, 0) is 9.53 Å². The molecule has 110 valence electrons. The second-order valence-corrected chi connectivity index (χ2v) is 5.80. The van der Waals surface area contributed by atoms with E-state index in [2.05, 4.69) is 10.2 Å². The van der Waals surface area contributed by atoms with Gasteiger partial charge in [-0.15, -0.1) is 0 Å². The zero-order valence-electron chi connectivity index (χ0n) is 11.9. The molecule has 2 fully saturated rings. The molecule has 5 heteroatoms. The second-order valence-electron chi connectivity index (χ2n) is 5.80. The molecule has 0 aromatic heterocycles. The molecule has 2 rings (SSSR count). The summed E-state index contributed by atoms with van der Waals surface area (Å²) in [5, 5.41) is 2.88. The maximum atomic E-state index is 11.7. The Morgan fingerprint density at radius 1 is 1.37 bits per heavy atom. The number of piperidine rings is 2. The Kier molecular flexibility index (Phi) is 5.60. The first-order valence-corrected chi connectivity index (χ1v) is 7.47. The predicted molar refractivity (Wildman–Crippen MR) is 74.8 cm³/mol. The molecule has 3 N–H and O–H groups in total. The van der Waals surface area contributed by atoms with Crippen LogP contribution in [0.1, 0.15) is 38.5 Å². The fraction of sp³-hybridized carbons (Fsp3) is 0.929. The minimum absolute atomic E-state index is 0.130. The van der Waals surface area contributed by atoms with E-state index < -0.39 is 0 Å². The monoisotopic (exact) mass is 269 g/mol. The molecular formula is C14H27N3O2. The highest BCUT2D eigenvalue weighted by Crippen LogP contribution is 2.33. The number of carbonyl (C=O) groups excluding carboxylic acids is 1. The summed E-state index contributed by atoms with van der Waals surface area (Å²) in [5.41, 5.74) is 6.10. The molecule has 0 saturated carbocycles. The number of fused-ring (bicyclic) bond motifs is 2. The molecule has 2 bridgehead atoms. The molecule has 2 atom stereocenters. The molecule has 0 aromatic rings. The normalized spacial score (nSPS) is 31.2. The topological polar surface area (TPSA) is 67.6 Å². The summed E-state index contributed by atoms with van der Waals surface area (Å²) in [4.78, 5) is 14.3. The number of rotatable bonds is 6. The molecular weight excluding hydrogens is 242 g/mol. The van der Waals surface area contributed by atoms with E-state index in [9.17, 15) is 4.79 Å². The van der Waals surface area contributed by atoms with Crippen molar-refractivity contribution in [2.24, 2.45) is 5.73 Å². The average Bonchev–Trinajstić information content (AvgIpc) is 2.36. The smallest absolute Gasteiger partial charge is 0.221 e. The molecule has 2 heterocycles. The van der Waals surface area contributed by atoms with Gasteiger partial charge in [0.1, 0.15) is 0 Å². The van der Waals surface area contributed by atoms with Gasteiger partial charge < -0.3 is 15.8 Å². The number of methoxy groups -OCH3 is 1. The largest absolute Gasteiger partial charge is 0.383 e. The highest BCUT2D eigenvalue weighted by molar-refractivity contribution is 5.76. The van der Waals surface area contributed by atoms with Gasteiger partial charge in [-0.3, -0.25) is 9.69 Å². The summed E-state index contributed by atoms with van der Waals surface area (Å²) in [5.74, 6) is 0.130. The minimum Gasteiger partial charge on any atom is -0.383 e. The van der Waals surface area contributed by atoms with E-state index in [4.69, 9.17) is 10.5 Å². The zero-order chi connectivity index (χ0) is 13.7. The molecule has 2 aliphatic heterocycles. The van der Waals surface area contributed by atoms with Gasteiger partial charge in [0.25, 0.3) is 0 Å². The first kappa shape index (κ1) is 14.8. The molecule has 2 saturated heterocycles. The first-order chi connectivity index (χ1) is 9.20. The highest BCUT2D eigenvalue weighted by atomic mass is 16.5. The molecule has 0 radical (unpaired) electrons. The lowest BCUT2D eigenvalue weighted by molar-refractivity contribution is -0.122. The third-order valence-electron chi connectivity index (χ3n) is 4.39. The van der Waals surface area contributed by atoms with E-state index in [1.165, 1.54) is 19.3 Å². The van der Waals surface area contributed by atoms with Gasteiger partial charge in [-0.05, 0) is 25.7 Å². The average molecular weight is 269 g/mol. The van der Waals surface area contributed by atoms with E-state index in [0.717, 1.165) is 19.4 Å². The number of hydrogen-bond acceptors (Lipinski definition) is 4. The van der Waals surface area contributed by atoms with Crippen LogP contribution >= 0.6 is 0 Å². The van der Waals surface area contributed by atoms with Crippen molar-refractivity contribution in [1.82, 2.24) is 10.2 Å². The fourth-order valence-corrected chi connectivity index (χ4v) is 3.50. The van der Waals surface area contributed by atoms with Gasteiger partial charge in [0, 0.05) is 44.7 Å². The van der Waals surface area contributed by atoms with Crippen LogP contribution in [0, 0.1) is 0 Å². The van der Waals surface area contributed by atoms with E-state index in [-0.39, 0.29) is 5.91 Å². The maximum absolute atomic E-state index is 11.7. The summed E-state index contributed by atoms with van der Waals surface area (Å²) >= 11 is 0. The van der Waals surface area contributed by atoms with Crippen LogP contribution in [0.3, 0.4) is 0 Å². The van der Waals surface area contributed by atoms with Crippen LogP contribution in [0.25, 0.3) is 0 Å². The molecule has 2 unspecified atom stereocenters. The maximum Gasteiger partial charge on any atom is 0.221 e. The van der Waals surface area contributed by atoms with Gasteiger partial charge in [-0.25, -0.2) is 0 Å². The second kappa shape index (κ2) is 7.22. The lowest BCUT2D eigenvalue weighted by atomic mass is 9.82. The Bertz CT molecular complexity index is 284. The van der Waals surface area contributed by atoms with E-state index >= 15 is 0 Å². The predicted octanol–water partition coefficient (Wildman–Crippen LogP) is 0.483. The molecule has 5 nitrogen and oxygen atoms in total. The summed E-state index contributed by atoms with van der Waals surface area (Å²) in [7, 11) is 1.64. The van der Waals surface area contributed by atoms with Gasteiger partial charge in [0.05, 0.1) is 6.61 Å². The first-order valence-electron chi connectivity index (χ1n) is 7.47. The number of nitrogens with one attached hydrogen (secondary N) is 1. The Morgan fingerprint density at radius 3 is 2.68 bits per heavy atom. The van der Waals surface area contributed by atoms with Crippen LogP contribution < -0.4 is 11.1 Å². The van der Waals surface area contributed by atoms with Crippen LogP contribution in [0.2, 0.25) is 0 Å². The van der Waals surface area contributed by atoms with E-state index in [0.29, 0.717) is 37.7 Å². The number of carbonyl (C=O) groups is 1. The molecule has 0 spiro atoms. The Hall–Kier alpha value is -0.650. The quantitative estimate of drug-likeness (QED) is 0.688. The number of ether oxygens (including phenoxy) is 1. The molecule has 0 aliphatic carbocycles. The van der Waals surface area contributed by atoms with Crippen molar-refractivity contribution in [2.45, 2.75) is 56.7 Å². The lowest BCUT2D eigenvalue weighted by Gasteiger charge is -2.48. The fourth-order valence-electron chi connectivity index (χ4n) is 3.50. The van der Waals surface area contributed by atoms with Crippen molar-refractivity contribution in [3.8, 4) is 0 Å². The van der Waals surface area contributed by atoms with E-state index in [1.54, 1.807) is 7.11 Å². The Labute approximate surface area is 115 Å². The van der Waals surface area contributed by atoms with Gasteiger partial charge >= 0.3 is 0 Å². The van der Waals surface area contributed by atoms with E-state index in [1.807, 2.05) is 0 Å². The summed E-state index contributed by atoms with van der Waals surface area (Å²) < 4.78 is 4.92. The molecule has 2 aliphatic rings. The van der Waals surface area contributed by atoms with Crippen molar-refractivity contribution in [3.63, 3.8) is 0 Å². The standard InChI is InChI=1S/C14H27N3O2/c1-19-8-6-16-14(18)5-7-17-12-3-2-4-13(17)10-11(15)9-12/h11-13H,2-10,15H2,1H3,(H,16,18). The Balaban J connectivity index is 1.74. The number of nitrogens with zero attached hydrogens (tertiary/aromatic N) is 1. The summed E-state index contributed by atoms with van der Waals surface area (Å²) in [6.07, 6.45) is 6.60. The van der Waals surface area contributed by atoms with Crippen molar-refractivity contribution in [2.75, 3.05) is 26.8 Å². The number of nitrogens with two attached hydrogens (primary N) is 1. The van der Waals surface area contributed by atoms with Crippen molar-refractivity contribution >= 4 is 5.91 Å². The van der Waals surface area contributed by atoms with Crippen LogP contribution in [0.15, 0.2) is 0 Å². The van der Waals surface area contributed by atoms with Gasteiger partial charge in [0.2, 0.25) is 5.91 Å².